The molecule has 0 heterocycles. The normalized spacial score (nSPS) is 15.1. The third-order valence-electron chi connectivity index (χ3n) is 2.71. The van der Waals surface area contributed by atoms with Crippen molar-refractivity contribution in [2.45, 2.75) is 31.5 Å². The van der Waals surface area contributed by atoms with Crippen LogP contribution in [0.1, 0.15) is 5.56 Å². The van der Waals surface area contributed by atoms with Crippen LogP contribution in [-0.4, -0.2) is 33.7 Å². The van der Waals surface area contributed by atoms with Crippen molar-refractivity contribution in [3.63, 3.8) is 0 Å². The molecule has 0 radical (unpaired) electrons. The summed E-state index contributed by atoms with van der Waals surface area (Å²) in [6.07, 6.45) is -4.61. The second-order valence-corrected chi connectivity index (χ2v) is 10.1. The first-order valence-corrected chi connectivity index (χ1v) is 10.1. The van der Waals surface area contributed by atoms with E-state index in [-0.39, 0.29) is 0 Å². The standard InChI is InChI=1S/C15H20F3NO2Si/c1-19(20-2)14(21-22(3,4)5,11-12-15(16,17)18)13-9-7-6-8-10-13/h6-10H,1-5H3. The SMILES string of the molecule is CON(C)C(C#CC(F)(F)F)(O[Si](C)(C)C)c1ccccc1. The highest BCUT2D eigenvalue weighted by molar-refractivity contribution is 6.69. The molecule has 22 heavy (non-hydrogen) atoms. The van der Waals surface area contributed by atoms with Crippen molar-refractivity contribution in [1.29, 1.82) is 0 Å². The number of rotatable bonds is 5. The molecule has 1 rings (SSSR count). The second-order valence-electron chi connectivity index (χ2n) is 5.65. The molecule has 3 nitrogen and oxygen atoms in total. The first-order valence-electron chi connectivity index (χ1n) is 6.65. The molecule has 0 aliphatic rings. The minimum atomic E-state index is -4.61. The van der Waals surface area contributed by atoms with Gasteiger partial charge in [0.15, 0.2) is 8.32 Å². The molecule has 7 heteroatoms. The van der Waals surface area contributed by atoms with Gasteiger partial charge in [-0.05, 0) is 25.6 Å². The summed E-state index contributed by atoms with van der Waals surface area (Å²) in [5, 5.41) is 1.21. The minimum absolute atomic E-state index is 0.485. The lowest BCUT2D eigenvalue weighted by Crippen LogP contribution is -2.50. The molecule has 0 saturated carbocycles. The molecule has 0 fully saturated rings. The van der Waals surface area contributed by atoms with E-state index in [9.17, 15) is 13.2 Å². The molecular weight excluding hydrogens is 311 g/mol. The van der Waals surface area contributed by atoms with Gasteiger partial charge in [-0.2, -0.15) is 13.2 Å². The Morgan fingerprint density at radius 2 is 1.59 bits per heavy atom. The number of benzene rings is 1. The number of hydroxylamine groups is 2. The van der Waals surface area contributed by atoms with E-state index in [1.54, 1.807) is 30.3 Å². The molecule has 1 atom stereocenters. The Hall–Kier alpha value is -1.33. The van der Waals surface area contributed by atoms with E-state index in [2.05, 4.69) is 5.92 Å². The van der Waals surface area contributed by atoms with Gasteiger partial charge in [-0.15, -0.1) is 5.06 Å². The van der Waals surface area contributed by atoms with Crippen LogP contribution in [0.25, 0.3) is 0 Å². The highest BCUT2D eigenvalue weighted by Gasteiger charge is 2.42. The topological polar surface area (TPSA) is 21.7 Å². The lowest BCUT2D eigenvalue weighted by atomic mass is 10.0. The van der Waals surface area contributed by atoms with Crippen LogP contribution < -0.4 is 0 Å². The van der Waals surface area contributed by atoms with Crippen LogP contribution in [0.2, 0.25) is 19.6 Å². The van der Waals surface area contributed by atoms with Gasteiger partial charge in [-0.25, -0.2) is 0 Å². The molecule has 0 bridgehead atoms. The lowest BCUT2D eigenvalue weighted by molar-refractivity contribution is -0.236. The van der Waals surface area contributed by atoms with Gasteiger partial charge in [-0.1, -0.05) is 30.3 Å². The Labute approximate surface area is 130 Å². The summed E-state index contributed by atoms with van der Waals surface area (Å²) in [4.78, 5) is 5.14. The van der Waals surface area contributed by atoms with E-state index in [1.165, 1.54) is 25.1 Å². The number of halogens is 3. The third-order valence-corrected chi connectivity index (χ3v) is 3.62. The monoisotopic (exact) mass is 331 g/mol. The van der Waals surface area contributed by atoms with Gasteiger partial charge < -0.3 is 4.43 Å². The third kappa shape index (κ3) is 5.14. The van der Waals surface area contributed by atoms with E-state index in [0.29, 0.717) is 5.56 Å². The Bertz CT molecular complexity index is 546. The Morgan fingerprint density at radius 1 is 1.05 bits per heavy atom. The lowest BCUT2D eigenvalue weighted by Gasteiger charge is -2.40. The maximum absolute atomic E-state index is 12.6. The fourth-order valence-electron chi connectivity index (χ4n) is 1.87. The molecule has 0 N–H and O–H groups in total. The van der Waals surface area contributed by atoms with E-state index < -0.39 is 20.2 Å². The summed E-state index contributed by atoms with van der Waals surface area (Å²) in [7, 11) is 0.618. The van der Waals surface area contributed by atoms with E-state index in [0.717, 1.165) is 0 Å². The number of nitrogens with zero attached hydrogens (tertiary/aromatic N) is 1. The number of hydrogen-bond donors (Lipinski definition) is 0. The van der Waals surface area contributed by atoms with Gasteiger partial charge >= 0.3 is 6.18 Å². The summed E-state index contributed by atoms with van der Waals surface area (Å²) in [6.45, 7) is 5.64. The van der Waals surface area contributed by atoms with Crippen molar-refractivity contribution >= 4 is 8.32 Å². The maximum atomic E-state index is 12.6. The van der Waals surface area contributed by atoms with Gasteiger partial charge in [0, 0.05) is 18.5 Å². The molecule has 1 aromatic rings. The van der Waals surface area contributed by atoms with Crippen molar-refractivity contribution in [2.24, 2.45) is 0 Å². The van der Waals surface area contributed by atoms with Crippen LogP contribution in [0.5, 0.6) is 0 Å². The minimum Gasteiger partial charge on any atom is -0.385 e. The molecule has 0 aliphatic carbocycles. The number of alkyl halides is 3. The van der Waals surface area contributed by atoms with E-state index in [4.69, 9.17) is 9.26 Å². The van der Waals surface area contributed by atoms with Crippen LogP contribution in [0.3, 0.4) is 0 Å². The Balaban J connectivity index is 3.52. The van der Waals surface area contributed by atoms with Gasteiger partial charge in [0.1, 0.15) is 0 Å². The smallest absolute Gasteiger partial charge is 0.385 e. The van der Waals surface area contributed by atoms with Crippen molar-refractivity contribution in [1.82, 2.24) is 5.06 Å². The predicted molar refractivity (Wildman–Crippen MR) is 81.2 cm³/mol. The molecule has 0 amide bonds. The van der Waals surface area contributed by atoms with E-state index in [1.807, 2.05) is 19.6 Å². The predicted octanol–water partition coefficient (Wildman–Crippen LogP) is 3.75. The maximum Gasteiger partial charge on any atom is 0.457 e. The van der Waals surface area contributed by atoms with E-state index >= 15 is 0 Å². The van der Waals surface area contributed by atoms with Crippen molar-refractivity contribution in [3.05, 3.63) is 35.9 Å². The fourth-order valence-corrected chi connectivity index (χ4v) is 3.06. The van der Waals surface area contributed by atoms with Crippen molar-refractivity contribution in [3.8, 4) is 11.8 Å². The Kier molecular flexibility index (Phi) is 5.81. The molecule has 122 valence electrons. The largest absolute Gasteiger partial charge is 0.457 e. The fraction of sp³-hybridized carbons (Fsp3) is 0.467. The van der Waals surface area contributed by atoms with Gasteiger partial charge in [0.2, 0.25) is 5.72 Å². The Morgan fingerprint density at radius 3 is 2.00 bits per heavy atom. The van der Waals surface area contributed by atoms with Crippen molar-refractivity contribution in [2.75, 3.05) is 14.2 Å². The molecule has 0 aliphatic heterocycles. The highest BCUT2D eigenvalue weighted by atomic mass is 28.4. The summed E-state index contributed by atoms with van der Waals surface area (Å²) >= 11 is 0. The summed E-state index contributed by atoms with van der Waals surface area (Å²) < 4.78 is 43.9. The second kappa shape index (κ2) is 6.83. The van der Waals surface area contributed by atoms with Gasteiger partial charge in [-0.3, -0.25) is 4.84 Å². The van der Waals surface area contributed by atoms with Crippen LogP contribution in [0.15, 0.2) is 30.3 Å². The van der Waals surface area contributed by atoms with Gasteiger partial charge in [0.25, 0.3) is 0 Å². The van der Waals surface area contributed by atoms with Crippen molar-refractivity contribution < 1.29 is 22.4 Å². The molecule has 1 aromatic carbocycles. The molecule has 1 unspecified atom stereocenters. The highest BCUT2D eigenvalue weighted by Crippen LogP contribution is 2.32. The van der Waals surface area contributed by atoms with Crippen LogP contribution in [-0.2, 0) is 15.0 Å². The zero-order chi connectivity index (χ0) is 17.0. The molecular formula is C15H20F3NO2Si. The molecule has 0 aromatic heterocycles. The van der Waals surface area contributed by atoms with Gasteiger partial charge in [0.05, 0.1) is 7.11 Å². The van der Waals surface area contributed by atoms with Crippen LogP contribution >= 0.6 is 0 Å². The average Bonchev–Trinajstić information content (AvgIpc) is 2.41. The summed E-state index contributed by atoms with van der Waals surface area (Å²) in [5.74, 6) is 3.56. The zero-order valence-corrected chi connectivity index (χ0v) is 14.3. The zero-order valence-electron chi connectivity index (χ0n) is 13.3. The molecule has 0 saturated heterocycles. The molecule has 0 spiro atoms. The number of hydrogen-bond acceptors (Lipinski definition) is 3. The summed E-state index contributed by atoms with van der Waals surface area (Å²) in [6, 6.07) is 8.54. The van der Waals surface area contributed by atoms with Crippen LogP contribution in [0, 0.1) is 11.8 Å². The first-order chi connectivity index (χ1) is 10.0. The summed E-state index contributed by atoms with van der Waals surface area (Å²) in [5.41, 5.74) is -1.13. The van der Waals surface area contributed by atoms with Crippen LogP contribution in [0.4, 0.5) is 13.2 Å². The quantitative estimate of drug-likeness (QED) is 0.355. The first kappa shape index (κ1) is 18.7. The average molecular weight is 331 g/mol.